The summed E-state index contributed by atoms with van der Waals surface area (Å²) in [5.41, 5.74) is 2.16. The molecule has 0 saturated carbocycles. The van der Waals surface area contributed by atoms with Crippen LogP contribution in [0.5, 0.6) is 0 Å². The van der Waals surface area contributed by atoms with E-state index >= 15 is 0 Å². The van der Waals surface area contributed by atoms with Crippen molar-refractivity contribution in [2.75, 3.05) is 6.61 Å². The fourth-order valence-electron chi connectivity index (χ4n) is 2.81. The molecule has 146 valence electrons. The van der Waals surface area contributed by atoms with Crippen molar-refractivity contribution in [2.24, 2.45) is 0 Å². The molecule has 0 fully saturated rings. The first-order chi connectivity index (χ1) is 13.6. The van der Waals surface area contributed by atoms with E-state index in [1.807, 2.05) is 55.5 Å². The number of ether oxygens (including phenoxy) is 2. The number of nitrogens with one attached hydrogen (secondary N) is 1. The zero-order valence-corrected chi connectivity index (χ0v) is 15.9. The summed E-state index contributed by atoms with van der Waals surface area (Å²) in [7, 11) is 0. The topological polar surface area (TPSA) is 77.8 Å². The highest BCUT2D eigenvalue weighted by Gasteiger charge is 2.25. The van der Waals surface area contributed by atoms with Gasteiger partial charge in [-0.25, -0.2) is 4.79 Å². The zero-order chi connectivity index (χ0) is 19.9. The fourth-order valence-corrected chi connectivity index (χ4v) is 2.81. The number of hydrogen-bond donors (Lipinski definition) is 1. The standard InChI is InChI=1S/C22H23NO5/c1-3-26-14-18-17-11-7-8-12-19(17)28-20(18)22(25)27-15(2)21(24)23-13-16-9-5-4-6-10-16/h4-12,15H,3,13-14H2,1-2H3,(H,23,24)/t15-/m0/s1. The lowest BCUT2D eigenvalue weighted by molar-refractivity contribution is -0.129. The molecule has 0 aliphatic rings. The van der Waals surface area contributed by atoms with Gasteiger partial charge in [-0.3, -0.25) is 4.79 Å². The summed E-state index contributed by atoms with van der Waals surface area (Å²) < 4.78 is 16.5. The minimum atomic E-state index is -0.954. The molecule has 0 bridgehead atoms. The summed E-state index contributed by atoms with van der Waals surface area (Å²) >= 11 is 0. The quantitative estimate of drug-likeness (QED) is 0.600. The number of para-hydroxylation sites is 1. The van der Waals surface area contributed by atoms with E-state index in [-0.39, 0.29) is 18.3 Å². The smallest absolute Gasteiger partial charge is 0.375 e. The summed E-state index contributed by atoms with van der Waals surface area (Å²) in [4.78, 5) is 24.9. The molecule has 0 unspecified atom stereocenters. The van der Waals surface area contributed by atoms with Gasteiger partial charge in [0.25, 0.3) is 5.91 Å². The summed E-state index contributed by atoms with van der Waals surface area (Å²) in [6.07, 6.45) is -0.954. The first-order valence-corrected chi connectivity index (χ1v) is 9.21. The third-order valence-electron chi connectivity index (χ3n) is 4.30. The van der Waals surface area contributed by atoms with Crippen LogP contribution in [0.15, 0.2) is 59.0 Å². The third-order valence-corrected chi connectivity index (χ3v) is 4.30. The lowest BCUT2D eigenvalue weighted by Gasteiger charge is -2.13. The van der Waals surface area contributed by atoms with Gasteiger partial charge in [-0.2, -0.15) is 0 Å². The van der Waals surface area contributed by atoms with E-state index in [0.717, 1.165) is 10.9 Å². The number of benzene rings is 2. The maximum Gasteiger partial charge on any atom is 0.375 e. The minimum absolute atomic E-state index is 0.0670. The molecule has 0 saturated heterocycles. The molecule has 0 aliphatic carbocycles. The Morgan fingerprint density at radius 1 is 1.07 bits per heavy atom. The molecule has 3 aromatic rings. The van der Waals surface area contributed by atoms with Crippen LogP contribution >= 0.6 is 0 Å². The van der Waals surface area contributed by atoms with Crippen LogP contribution in [0.25, 0.3) is 11.0 Å². The van der Waals surface area contributed by atoms with E-state index in [2.05, 4.69) is 5.32 Å². The third kappa shape index (κ3) is 4.58. The van der Waals surface area contributed by atoms with Gasteiger partial charge >= 0.3 is 5.97 Å². The number of carbonyl (C=O) groups is 2. The van der Waals surface area contributed by atoms with Crippen LogP contribution in [0.1, 0.15) is 35.5 Å². The average molecular weight is 381 g/mol. The number of amides is 1. The number of carbonyl (C=O) groups excluding carboxylic acids is 2. The lowest BCUT2D eigenvalue weighted by atomic mass is 10.1. The van der Waals surface area contributed by atoms with Gasteiger partial charge in [-0.15, -0.1) is 0 Å². The first kappa shape index (κ1) is 19.6. The van der Waals surface area contributed by atoms with Gasteiger partial charge in [0, 0.05) is 24.1 Å². The monoisotopic (exact) mass is 381 g/mol. The Hall–Kier alpha value is -3.12. The van der Waals surface area contributed by atoms with Crippen LogP contribution in [-0.4, -0.2) is 24.6 Å². The summed E-state index contributed by atoms with van der Waals surface area (Å²) in [6, 6.07) is 16.8. The van der Waals surface area contributed by atoms with Crippen LogP contribution in [0.3, 0.4) is 0 Å². The van der Waals surface area contributed by atoms with Crippen molar-refractivity contribution in [3.8, 4) is 0 Å². The SMILES string of the molecule is CCOCc1c(C(=O)O[C@@H](C)C(=O)NCc2ccccc2)oc2ccccc12. The van der Waals surface area contributed by atoms with Gasteiger partial charge in [0.05, 0.1) is 6.61 Å². The van der Waals surface area contributed by atoms with Crippen molar-refractivity contribution >= 4 is 22.8 Å². The summed E-state index contributed by atoms with van der Waals surface area (Å²) in [6.45, 7) is 4.50. The van der Waals surface area contributed by atoms with E-state index in [0.29, 0.717) is 24.3 Å². The molecule has 0 spiro atoms. The Balaban J connectivity index is 1.68. The zero-order valence-electron chi connectivity index (χ0n) is 15.9. The Labute approximate surface area is 163 Å². The number of esters is 1. The van der Waals surface area contributed by atoms with E-state index in [4.69, 9.17) is 13.9 Å². The number of hydrogen-bond acceptors (Lipinski definition) is 5. The molecule has 2 aromatic carbocycles. The minimum Gasteiger partial charge on any atom is -0.449 e. The predicted molar refractivity (Wildman–Crippen MR) is 105 cm³/mol. The molecule has 0 radical (unpaired) electrons. The van der Waals surface area contributed by atoms with Crippen LogP contribution in [0.2, 0.25) is 0 Å². The van der Waals surface area contributed by atoms with Gasteiger partial charge in [0.1, 0.15) is 5.58 Å². The van der Waals surface area contributed by atoms with Crippen molar-refractivity contribution in [3.05, 3.63) is 71.5 Å². The summed E-state index contributed by atoms with van der Waals surface area (Å²) in [5, 5.41) is 3.56. The van der Waals surface area contributed by atoms with Gasteiger partial charge in [0.15, 0.2) is 6.10 Å². The van der Waals surface area contributed by atoms with Crippen LogP contribution < -0.4 is 5.32 Å². The molecule has 1 heterocycles. The number of rotatable bonds is 8. The van der Waals surface area contributed by atoms with Crippen molar-refractivity contribution in [2.45, 2.75) is 33.1 Å². The highest BCUT2D eigenvalue weighted by Crippen LogP contribution is 2.27. The molecule has 1 N–H and O–H groups in total. The van der Waals surface area contributed by atoms with E-state index in [1.54, 1.807) is 6.07 Å². The van der Waals surface area contributed by atoms with Crippen molar-refractivity contribution in [1.82, 2.24) is 5.32 Å². The van der Waals surface area contributed by atoms with Crippen molar-refractivity contribution in [1.29, 1.82) is 0 Å². The van der Waals surface area contributed by atoms with Gasteiger partial charge < -0.3 is 19.2 Å². The van der Waals surface area contributed by atoms with Crippen molar-refractivity contribution in [3.63, 3.8) is 0 Å². The Bertz CT molecular complexity index is 948. The predicted octanol–water partition coefficient (Wildman–Crippen LogP) is 3.83. The largest absolute Gasteiger partial charge is 0.449 e. The second kappa shape index (κ2) is 9.19. The Morgan fingerprint density at radius 2 is 1.79 bits per heavy atom. The van der Waals surface area contributed by atoms with Crippen LogP contribution in [0, 0.1) is 0 Å². The van der Waals surface area contributed by atoms with E-state index in [9.17, 15) is 9.59 Å². The molecule has 6 nitrogen and oxygen atoms in total. The molecule has 1 amide bonds. The summed E-state index contributed by atoms with van der Waals surface area (Å²) in [5.74, 6) is -0.995. The Morgan fingerprint density at radius 3 is 2.54 bits per heavy atom. The molecular formula is C22H23NO5. The first-order valence-electron chi connectivity index (χ1n) is 9.21. The van der Waals surface area contributed by atoms with E-state index < -0.39 is 12.1 Å². The maximum atomic E-state index is 12.6. The fraction of sp³-hybridized carbons (Fsp3) is 0.273. The van der Waals surface area contributed by atoms with Crippen LogP contribution in [-0.2, 0) is 27.4 Å². The van der Waals surface area contributed by atoms with Gasteiger partial charge in [-0.05, 0) is 25.5 Å². The van der Waals surface area contributed by atoms with Gasteiger partial charge in [0.2, 0.25) is 5.76 Å². The molecular weight excluding hydrogens is 358 g/mol. The highest BCUT2D eigenvalue weighted by molar-refractivity contribution is 5.97. The maximum absolute atomic E-state index is 12.6. The molecule has 6 heteroatoms. The van der Waals surface area contributed by atoms with E-state index in [1.165, 1.54) is 6.92 Å². The number of fused-ring (bicyclic) bond motifs is 1. The van der Waals surface area contributed by atoms with Crippen molar-refractivity contribution < 1.29 is 23.5 Å². The molecule has 28 heavy (non-hydrogen) atoms. The second-order valence-electron chi connectivity index (χ2n) is 6.29. The number of furan rings is 1. The normalized spacial score (nSPS) is 11.9. The van der Waals surface area contributed by atoms with Crippen LogP contribution in [0.4, 0.5) is 0 Å². The van der Waals surface area contributed by atoms with Gasteiger partial charge in [-0.1, -0.05) is 48.5 Å². The molecule has 1 aromatic heterocycles. The Kier molecular flexibility index (Phi) is 6.45. The second-order valence-corrected chi connectivity index (χ2v) is 6.29. The molecule has 0 aliphatic heterocycles. The highest BCUT2D eigenvalue weighted by atomic mass is 16.6. The molecule has 1 atom stereocenters. The molecule has 3 rings (SSSR count). The average Bonchev–Trinajstić information content (AvgIpc) is 3.09. The lowest BCUT2D eigenvalue weighted by Crippen LogP contribution is -2.35.